The third kappa shape index (κ3) is 20.4. The van der Waals surface area contributed by atoms with E-state index in [4.69, 9.17) is 9.05 Å². The lowest BCUT2D eigenvalue weighted by molar-refractivity contribution is -0.910. The molecule has 0 aliphatic heterocycles. The van der Waals surface area contributed by atoms with E-state index >= 15 is 0 Å². The molecule has 0 heterocycles. The summed E-state index contributed by atoms with van der Waals surface area (Å²) in [6, 6.07) is 0. The summed E-state index contributed by atoms with van der Waals surface area (Å²) in [4.78, 5) is 0. The molecule has 0 aliphatic rings. The maximum Gasteiger partial charge on any atom is 0.319 e. The van der Waals surface area contributed by atoms with Crippen molar-refractivity contribution in [2.24, 2.45) is 0 Å². The minimum Gasteiger partial charge on any atom is -0.326 e. The van der Waals surface area contributed by atoms with Crippen molar-refractivity contribution >= 4 is 8.25 Å². The van der Waals surface area contributed by atoms with Gasteiger partial charge in [0, 0.05) is 0 Å². The number of quaternary nitrogens is 1. The first-order valence-electron chi connectivity index (χ1n) is 11.1. The lowest BCUT2D eigenvalue weighted by atomic mass is 10.2. The van der Waals surface area contributed by atoms with Crippen LogP contribution in [0.25, 0.3) is 0 Å². The molecule has 5 heteroatoms. The van der Waals surface area contributed by atoms with Gasteiger partial charge in [-0.3, -0.25) is 4.57 Å². The lowest BCUT2D eigenvalue weighted by Gasteiger charge is -2.34. The van der Waals surface area contributed by atoms with E-state index in [0.717, 1.165) is 25.7 Å². The third-order valence-electron chi connectivity index (χ3n) is 4.59. The maximum absolute atomic E-state index is 10.9. The fraction of sp³-hybridized carbons (Fsp3) is 1.00. The van der Waals surface area contributed by atoms with Crippen LogP contribution in [0.4, 0.5) is 0 Å². The molecule has 0 atom stereocenters. The molecular weight excluding hydrogens is 345 g/mol. The van der Waals surface area contributed by atoms with Crippen molar-refractivity contribution in [1.29, 1.82) is 0 Å². The first-order valence-corrected chi connectivity index (χ1v) is 12.3. The average molecular weight is 395 g/mol. The van der Waals surface area contributed by atoms with Gasteiger partial charge in [-0.1, -0.05) is 66.7 Å². The monoisotopic (exact) mass is 394 g/mol. The topological polar surface area (TPSA) is 35.5 Å². The van der Waals surface area contributed by atoms with Gasteiger partial charge < -0.3 is 13.5 Å². The van der Waals surface area contributed by atoms with Crippen LogP contribution >= 0.6 is 8.25 Å². The van der Waals surface area contributed by atoms with E-state index in [1.807, 2.05) is 0 Å². The second kappa shape index (κ2) is 21.4. The van der Waals surface area contributed by atoms with Gasteiger partial charge in [-0.05, 0) is 32.1 Å². The van der Waals surface area contributed by atoms with Gasteiger partial charge in [-0.25, -0.2) is 0 Å². The zero-order chi connectivity index (χ0) is 20.1. The Labute approximate surface area is 165 Å². The molecule has 4 nitrogen and oxygen atoms in total. The molecule has 0 aromatic carbocycles. The fourth-order valence-electron chi connectivity index (χ4n) is 2.60. The quantitative estimate of drug-likeness (QED) is 0.154. The van der Waals surface area contributed by atoms with E-state index in [1.54, 1.807) is 0 Å². The highest BCUT2D eigenvalue weighted by molar-refractivity contribution is 7.33. The fourth-order valence-corrected chi connectivity index (χ4v) is 3.30. The van der Waals surface area contributed by atoms with E-state index in [2.05, 4.69) is 41.7 Å². The standard InChI is InChI=1S/C13H30N.C8H19O3P/c1-5-8-11-14(4,12-9-6-2)13-10-7-3;1-3-5-7-10-12(9)11-8-6-4-2/h5-13H2,1-4H3;12H,3-8H2,1-2H3/q+1;. The molecule has 0 fully saturated rings. The Kier molecular flexibility index (Phi) is 23.3. The zero-order valence-corrected chi connectivity index (χ0v) is 19.8. The zero-order valence-electron chi connectivity index (χ0n) is 18.8. The Morgan fingerprint density at radius 1 is 0.615 bits per heavy atom. The molecule has 0 aromatic heterocycles. The lowest BCUT2D eigenvalue weighted by Crippen LogP contribution is -2.46. The molecule has 0 aliphatic carbocycles. The molecule has 0 radical (unpaired) electrons. The first kappa shape index (κ1) is 28.3. The molecule has 160 valence electrons. The van der Waals surface area contributed by atoms with Gasteiger partial charge in [0.2, 0.25) is 0 Å². The molecule has 0 spiro atoms. The second-order valence-corrected chi connectivity index (χ2v) is 8.58. The number of unbranched alkanes of at least 4 members (excludes halogenated alkanes) is 5. The van der Waals surface area contributed by atoms with Crippen molar-refractivity contribution in [3.63, 3.8) is 0 Å². The number of hydrogen-bond donors (Lipinski definition) is 0. The van der Waals surface area contributed by atoms with Crippen LogP contribution in [0.15, 0.2) is 0 Å². The van der Waals surface area contributed by atoms with E-state index in [0.29, 0.717) is 13.2 Å². The predicted octanol–water partition coefficient (Wildman–Crippen LogP) is 6.84. The van der Waals surface area contributed by atoms with E-state index in [1.165, 1.54) is 62.6 Å². The second-order valence-electron chi connectivity index (χ2n) is 7.51. The summed E-state index contributed by atoms with van der Waals surface area (Å²) in [6.45, 7) is 16.3. The van der Waals surface area contributed by atoms with Gasteiger partial charge in [-0.15, -0.1) is 0 Å². The summed E-state index contributed by atoms with van der Waals surface area (Å²) in [5.41, 5.74) is 0. The molecule has 0 amide bonds. The van der Waals surface area contributed by atoms with E-state index < -0.39 is 8.25 Å². The minimum absolute atomic E-state index is 0.556. The van der Waals surface area contributed by atoms with Gasteiger partial charge in [0.05, 0.1) is 39.9 Å². The Hall–Kier alpha value is 0.110. The van der Waals surface area contributed by atoms with Crippen molar-refractivity contribution in [2.75, 3.05) is 39.9 Å². The number of nitrogens with zero attached hydrogens (tertiary/aromatic N) is 1. The summed E-state index contributed by atoms with van der Waals surface area (Å²) in [5, 5.41) is 0. The largest absolute Gasteiger partial charge is 0.326 e. The van der Waals surface area contributed by atoms with Crippen LogP contribution < -0.4 is 0 Å². The van der Waals surface area contributed by atoms with E-state index in [9.17, 15) is 4.57 Å². The van der Waals surface area contributed by atoms with Crippen LogP contribution in [0.1, 0.15) is 98.8 Å². The van der Waals surface area contributed by atoms with Crippen LogP contribution in [0.2, 0.25) is 0 Å². The summed E-state index contributed by atoms with van der Waals surface area (Å²) in [5.74, 6) is 0. The maximum atomic E-state index is 10.9. The SMILES string of the molecule is CCCCO[PH](=O)OCCCC.CCCC[N+](C)(CCCC)CCCC. The number of hydrogen-bond acceptors (Lipinski definition) is 3. The summed E-state index contributed by atoms with van der Waals surface area (Å²) >= 11 is 0. The Morgan fingerprint density at radius 3 is 1.19 bits per heavy atom. The van der Waals surface area contributed by atoms with Gasteiger partial charge in [0.25, 0.3) is 0 Å². The van der Waals surface area contributed by atoms with Crippen LogP contribution in [0.3, 0.4) is 0 Å². The summed E-state index contributed by atoms with van der Waals surface area (Å²) in [7, 11) is 0.261. The van der Waals surface area contributed by atoms with Gasteiger partial charge in [-0.2, -0.15) is 0 Å². The van der Waals surface area contributed by atoms with Crippen LogP contribution in [0.5, 0.6) is 0 Å². The Balaban J connectivity index is 0. The molecular formula is C21H49NO3P+. The first-order chi connectivity index (χ1) is 12.5. The van der Waals surface area contributed by atoms with Gasteiger partial charge >= 0.3 is 8.25 Å². The molecule has 0 saturated carbocycles. The van der Waals surface area contributed by atoms with Crippen LogP contribution in [-0.4, -0.2) is 44.4 Å². The van der Waals surface area contributed by atoms with Gasteiger partial charge in [0.15, 0.2) is 0 Å². The van der Waals surface area contributed by atoms with E-state index in [-0.39, 0.29) is 0 Å². The van der Waals surface area contributed by atoms with Crippen molar-refractivity contribution in [1.82, 2.24) is 0 Å². The molecule has 0 unspecified atom stereocenters. The highest BCUT2D eigenvalue weighted by Crippen LogP contribution is 2.24. The average Bonchev–Trinajstić information content (AvgIpc) is 2.64. The summed E-state index contributed by atoms with van der Waals surface area (Å²) in [6.07, 6.45) is 12.2. The molecule has 26 heavy (non-hydrogen) atoms. The minimum atomic E-state index is -2.18. The Bertz CT molecular complexity index is 267. The molecule has 0 bridgehead atoms. The van der Waals surface area contributed by atoms with Crippen LogP contribution in [0, 0.1) is 0 Å². The molecule has 0 saturated heterocycles. The Morgan fingerprint density at radius 2 is 0.923 bits per heavy atom. The molecule has 0 N–H and O–H groups in total. The smallest absolute Gasteiger partial charge is 0.319 e. The number of rotatable bonds is 17. The highest BCUT2D eigenvalue weighted by atomic mass is 31.1. The molecule has 0 aromatic rings. The van der Waals surface area contributed by atoms with Crippen molar-refractivity contribution in [3.05, 3.63) is 0 Å². The van der Waals surface area contributed by atoms with Crippen molar-refractivity contribution in [3.8, 4) is 0 Å². The normalized spacial score (nSPS) is 11.5. The van der Waals surface area contributed by atoms with Gasteiger partial charge in [0.1, 0.15) is 0 Å². The highest BCUT2D eigenvalue weighted by Gasteiger charge is 2.18. The predicted molar refractivity (Wildman–Crippen MR) is 116 cm³/mol. The van der Waals surface area contributed by atoms with Crippen LogP contribution in [-0.2, 0) is 13.6 Å². The van der Waals surface area contributed by atoms with Crippen molar-refractivity contribution in [2.45, 2.75) is 98.8 Å². The molecule has 0 rings (SSSR count). The third-order valence-corrected chi connectivity index (χ3v) is 5.47. The summed E-state index contributed by atoms with van der Waals surface area (Å²) < 4.78 is 22.2. The van der Waals surface area contributed by atoms with Crippen molar-refractivity contribution < 1.29 is 18.1 Å².